The van der Waals surface area contributed by atoms with Gasteiger partial charge in [-0.1, -0.05) is 38.5 Å². The number of carbonyl (C=O) groups excluding carboxylic acids is 1. The van der Waals surface area contributed by atoms with E-state index < -0.39 is 0 Å². The van der Waals surface area contributed by atoms with Crippen molar-refractivity contribution in [1.82, 2.24) is 4.90 Å². The van der Waals surface area contributed by atoms with Crippen LogP contribution in [-0.2, 0) is 4.79 Å². The first-order valence-electron chi connectivity index (χ1n) is 11.6. The molecule has 5 aliphatic rings. The van der Waals surface area contributed by atoms with Crippen LogP contribution in [0.25, 0.3) is 0 Å². The van der Waals surface area contributed by atoms with Crippen LogP contribution in [0.1, 0.15) is 78.6 Å². The van der Waals surface area contributed by atoms with Crippen LogP contribution < -0.4 is 0 Å². The molecule has 1 aliphatic heterocycles. The van der Waals surface area contributed by atoms with Gasteiger partial charge < -0.3 is 4.90 Å². The van der Waals surface area contributed by atoms with E-state index in [0.717, 1.165) is 37.0 Å². The Morgan fingerprint density at radius 3 is 2.59 bits per heavy atom. The van der Waals surface area contributed by atoms with Crippen molar-refractivity contribution in [3.05, 3.63) is 23.4 Å². The molecule has 2 nitrogen and oxygen atoms in total. The first-order valence-corrected chi connectivity index (χ1v) is 11.6. The van der Waals surface area contributed by atoms with Gasteiger partial charge >= 0.3 is 0 Å². The van der Waals surface area contributed by atoms with Gasteiger partial charge in [0.1, 0.15) is 5.78 Å². The summed E-state index contributed by atoms with van der Waals surface area (Å²) in [5.74, 6) is 3.48. The largest absolute Gasteiger partial charge is 0.375 e. The molecule has 0 aromatic rings. The number of fused-ring (bicyclic) bond motifs is 5. The Bertz CT molecular complexity index is 699. The fourth-order valence-corrected chi connectivity index (χ4v) is 8.01. The standard InChI is InChI=1S/C25H37NO/c1-17-15-18-16-19(27)9-11-24(18,2)21-10-12-25(3)20(23(17)21)7-8-22(25)26-13-5-4-6-14-26/h8,15,17,20-21,23H,4-7,9-14,16H2,1-3H3/t17?,20-,21-,23-,24-,25-/m0/s1. The average molecular weight is 368 g/mol. The van der Waals surface area contributed by atoms with Crippen molar-refractivity contribution in [3.8, 4) is 0 Å². The smallest absolute Gasteiger partial charge is 0.136 e. The molecule has 5 rings (SSSR count). The molecule has 0 aromatic carbocycles. The molecule has 0 radical (unpaired) electrons. The summed E-state index contributed by atoms with van der Waals surface area (Å²) >= 11 is 0. The molecule has 0 spiro atoms. The van der Waals surface area contributed by atoms with Gasteiger partial charge in [0.05, 0.1) is 0 Å². The van der Waals surface area contributed by atoms with Gasteiger partial charge in [-0.2, -0.15) is 0 Å². The maximum Gasteiger partial charge on any atom is 0.136 e. The Kier molecular flexibility index (Phi) is 4.15. The van der Waals surface area contributed by atoms with E-state index in [1.807, 2.05) is 0 Å². The van der Waals surface area contributed by atoms with Crippen molar-refractivity contribution < 1.29 is 4.79 Å². The molecule has 27 heavy (non-hydrogen) atoms. The van der Waals surface area contributed by atoms with E-state index in [1.165, 1.54) is 57.2 Å². The number of Topliss-reactive ketones (excluding diaryl/α,β-unsaturated/α-hetero) is 1. The number of nitrogens with zero attached hydrogens (tertiary/aromatic N) is 1. The molecule has 1 heterocycles. The van der Waals surface area contributed by atoms with Crippen LogP contribution in [-0.4, -0.2) is 23.8 Å². The van der Waals surface area contributed by atoms with E-state index in [0.29, 0.717) is 22.5 Å². The van der Waals surface area contributed by atoms with Gasteiger partial charge in [0, 0.05) is 37.0 Å². The Hall–Kier alpha value is -1.05. The Labute approximate surface area is 165 Å². The highest BCUT2D eigenvalue weighted by atomic mass is 16.1. The van der Waals surface area contributed by atoms with Crippen LogP contribution in [0.2, 0.25) is 0 Å². The van der Waals surface area contributed by atoms with Gasteiger partial charge in [-0.3, -0.25) is 4.79 Å². The van der Waals surface area contributed by atoms with Gasteiger partial charge in [-0.25, -0.2) is 0 Å². The van der Waals surface area contributed by atoms with Crippen LogP contribution >= 0.6 is 0 Å². The van der Waals surface area contributed by atoms with Crippen LogP contribution in [0.3, 0.4) is 0 Å². The highest BCUT2D eigenvalue weighted by Gasteiger charge is 2.58. The van der Waals surface area contributed by atoms with Crippen molar-refractivity contribution in [1.29, 1.82) is 0 Å². The lowest BCUT2D eigenvalue weighted by molar-refractivity contribution is -0.122. The summed E-state index contributed by atoms with van der Waals surface area (Å²) < 4.78 is 0. The molecule has 148 valence electrons. The topological polar surface area (TPSA) is 20.3 Å². The van der Waals surface area contributed by atoms with E-state index in [4.69, 9.17) is 0 Å². The number of allylic oxidation sites excluding steroid dienone is 4. The highest BCUT2D eigenvalue weighted by Crippen LogP contribution is 2.66. The number of ketones is 1. The van der Waals surface area contributed by atoms with E-state index in [1.54, 1.807) is 5.70 Å². The molecule has 4 aliphatic carbocycles. The number of rotatable bonds is 1. The minimum atomic E-state index is 0.292. The van der Waals surface area contributed by atoms with Gasteiger partial charge in [-0.15, -0.1) is 0 Å². The van der Waals surface area contributed by atoms with Gasteiger partial charge in [0.15, 0.2) is 0 Å². The molecule has 3 fully saturated rings. The lowest BCUT2D eigenvalue weighted by Gasteiger charge is -2.59. The third-order valence-corrected chi connectivity index (χ3v) is 9.50. The molecule has 0 bridgehead atoms. The van der Waals surface area contributed by atoms with Gasteiger partial charge in [0.2, 0.25) is 0 Å². The molecule has 6 atom stereocenters. The van der Waals surface area contributed by atoms with Crippen LogP contribution in [0.5, 0.6) is 0 Å². The molecule has 0 amide bonds. The Morgan fingerprint density at radius 2 is 1.81 bits per heavy atom. The summed E-state index contributed by atoms with van der Waals surface area (Å²) in [4.78, 5) is 14.9. The molecular weight excluding hydrogens is 330 g/mol. The van der Waals surface area contributed by atoms with Gasteiger partial charge in [0.25, 0.3) is 0 Å². The Morgan fingerprint density at radius 1 is 1.04 bits per heavy atom. The second-order valence-corrected chi connectivity index (χ2v) is 10.8. The fourth-order valence-electron chi connectivity index (χ4n) is 8.01. The highest BCUT2D eigenvalue weighted by molar-refractivity contribution is 5.82. The summed E-state index contributed by atoms with van der Waals surface area (Å²) in [6, 6.07) is 0. The number of likely N-dealkylation sites (tertiary alicyclic amines) is 1. The third kappa shape index (κ3) is 2.54. The molecule has 0 N–H and O–H groups in total. The average Bonchev–Trinajstić information content (AvgIpc) is 3.01. The Balaban J connectivity index is 1.47. The maximum atomic E-state index is 12.1. The summed E-state index contributed by atoms with van der Waals surface area (Å²) in [7, 11) is 0. The zero-order valence-corrected chi connectivity index (χ0v) is 17.6. The van der Waals surface area contributed by atoms with Crippen molar-refractivity contribution in [2.75, 3.05) is 13.1 Å². The SMILES string of the molecule is CC1C=C2CC(=O)CC[C@]2(C)[C@H]2CC[C@]3(C)C(N4CCCCC4)=CC[C@H]3[C@H]12. The predicted octanol–water partition coefficient (Wildman–Crippen LogP) is 5.74. The number of hydrogen-bond acceptors (Lipinski definition) is 2. The van der Waals surface area contributed by atoms with E-state index in [-0.39, 0.29) is 0 Å². The summed E-state index contributed by atoms with van der Waals surface area (Å²) in [5.41, 5.74) is 3.88. The van der Waals surface area contributed by atoms with Crippen molar-refractivity contribution in [2.24, 2.45) is 34.5 Å². The maximum absolute atomic E-state index is 12.1. The number of piperidine rings is 1. The molecule has 1 unspecified atom stereocenters. The van der Waals surface area contributed by atoms with Crippen LogP contribution in [0.4, 0.5) is 0 Å². The van der Waals surface area contributed by atoms with E-state index in [9.17, 15) is 4.79 Å². The predicted molar refractivity (Wildman–Crippen MR) is 110 cm³/mol. The molecule has 2 saturated carbocycles. The second kappa shape index (κ2) is 6.22. The first-order chi connectivity index (χ1) is 12.9. The van der Waals surface area contributed by atoms with Crippen LogP contribution in [0, 0.1) is 34.5 Å². The zero-order valence-electron chi connectivity index (χ0n) is 17.6. The number of hydrogen-bond donors (Lipinski definition) is 0. The number of carbonyl (C=O) groups is 1. The summed E-state index contributed by atoms with van der Waals surface area (Å²) in [6.45, 7) is 10.1. The quantitative estimate of drug-likeness (QED) is 0.550. The molecular formula is C25H37NO. The first kappa shape index (κ1) is 18.0. The fraction of sp³-hybridized carbons (Fsp3) is 0.800. The lowest BCUT2D eigenvalue weighted by atomic mass is 9.46. The van der Waals surface area contributed by atoms with Crippen molar-refractivity contribution in [2.45, 2.75) is 78.6 Å². The van der Waals surface area contributed by atoms with Crippen molar-refractivity contribution >= 4 is 5.78 Å². The third-order valence-electron chi connectivity index (χ3n) is 9.50. The van der Waals surface area contributed by atoms with E-state index in [2.05, 4.69) is 37.8 Å². The normalized spacial score (nSPS) is 46.9. The minimum absolute atomic E-state index is 0.292. The van der Waals surface area contributed by atoms with Gasteiger partial charge in [-0.05, 0) is 74.0 Å². The lowest BCUT2D eigenvalue weighted by Crippen LogP contribution is -2.53. The summed E-state index contributed by atoms with van der Waals surface area (Å²) in [6.07, 6.45) is 16.0. The summed E-state index contributed by atoms with van der Waals surface area (Å²) in [5, 5.41) is 0. The zero-order chi connectivity index (χ0) is 18.8. The van der Waals surface area contributed by atoms with Crippen molar-refractivity contribution in [3.63, 3.8) is 0 Å². The molecule has 1 saturated heterocycles. The van der Waals surface area contributed by atoms with Crippen LogP contribution in [0.15, 0.2) is 23.4 Å². The monoisotopic (exact) mass is 367 g/mol. The minimum Gasteiger partial charge on any atom is -0.375 e. The van der Waals surface area contributed by atoms with E-state index >= 15 is 0 Å². The molecule has 0 aromatic heterocycles. The molecule has 2 heteroatoms. The second-order valence-electron chi connectivity index (χ2n) is 10.8.